The summed E-state index contributed by atoms with van der Waals surface area (Å²) in [5.41, 5.74) is 5.02. The number of aromatic nitrogens is 2. The van der Waals surface area contributed by atoms with Crippen molar-refractivity contribution in [1.29, 1.82) is 0 Å². The van der Waals surface area contributed by atoms with Crippen molar-refractivity contribution in [3.05, 3.63) is 82.9 Å². The van der Waals surface area contributed by atoms with Gasteiger partial charge in [-0.25, -0.2) is 9.37 Å². The number of halogens is 1. The summed E-state index contributed by atoms with van der Waals surface area (Å²) in [6.07, 6.45) is 5.97. The van der Waals surface area contributed by atoms with Gasteiger partial charge < -0.3 is 14.5 Å². The molecular weight excluding hydrogens is 403 g/mol. The third-order valence-corrected chi connectivity index (χ3v) is 6.55. The lowest BCUT2D eigenvalue weighted by atomic mass is 9.99. The summed E-state index contributed by atoms with van der Waals surface area (Å²) >= 11 is 0. The molecule has 2 aromatic heterocycles. The number of methoxy groups -OCH3 is 1. The number of fused-ring (bicyclic) bond motifs is 1. The fourth-order valence-corrected chi connectivity index (χ4v) is 4.66. The van der Waals surface area contributed by atoms with Gasteiger partial charge in [-0.3, -0.25) is 4.98 Å². The molecule has 32 heavy (non-hydrogen) atoms. The quantitative estimate of drug-likeness (QED) is 0.584. The minimum absolute atomic E-state index is 0.188. The van der Waals surface area contributed by atoms with E-state index in [9.17, 15) is 4.39 Å². The van der Waals surface area contributed by atoms with Crippen LogP contribution in [0.15, 0.2) is 54.7 Å². The summed E-state index contributed by atoms with van der Waals surface area (Å²) in [4.78, 5) is 13.8. The molecule has 0 radical (unpaired) electrons. The van der Waals surface area contributed by atoms with Crippen molar-refractivity contribution >= 4 is 11.6 Å². The summed E-state index contributed by atoms with van der Waals surface area (Å²) in [6, 6.07) is 15.8. The number of pyridine rings is 2. The SMILES string of the molecule is COC1CCN(c2cc(F)cc(N3CCc4cc(CCc5ccccc5)ncc4C3)n2)C1. The van der Waals surface area contributed by atoms with Crippen molar-refractivity contribution in [2.24, 2.45) is 0 Å². The summed E-state index contributed by atoms with van der Waals surface area (Å²) in [5, 5.41) is 0. The number of nitrogens with zero attached hydrogens (tertiary/aromatic N) is 4. The Balaban J connectivity index is 1.28. The van der Waals surface area contributed by atoms with E-state index in [1.165, 1.54) is 22.8 Å². The molecule has 4 heterocycles. The molecule has 2 aliphatic rings. The van der Waals surface area contributed by atoms with Crippen molar-refractivity contribution < 1.29 is 9.13 Å². The molecule has 3 aromatic rings. The van der Waals surface area contributed by atoms with E-state index >= 15 is 0 Å². The van der Waals surface area contributed by atoms with Gasteiger partial charge in [0, 0.05) is 57.3 Å². The van der Waals surface area contributed by atoms with Crippen LogP contribution < -0.4 is 9.80 Å². The Morgan fingerprint density at radius 2 is 1.81 bits per heavy atom. The van der Waals surface area contributed by atoms with Crippen LogP contribution in [-0.4, -0.2) is 42.8 Å². The van der Waals surface area contributed by atoms with E-state index in [1.807, 2.05) is 12.3 Å². The van der Waals surface area contributed by atoms with E-state index in [4.69, 9.17) is 14.7 Å². The van der Waals surface area contributed by atoms with Crippen LogP contribution in [-0.2, 0) is 30.5 Å². The Kier molecular flexibility index (Phi) is 6.04. The second-order valence-electron chi connectivity index (χ2n) is 8.70. The molecule has 1 saturated heterocycles. The van der Waals surface area contributed by atoms with Gasteiger partial charge in [-0.2, -0.15) is 0 Å². The minimum Gasteiger partial charge on any atom is -0.380 e. The highest BCUT2D eigenvalue weighted by Gasteiger charge is 2.25. The van der Waals surface area contributed by atoms with Crippen molar-refractivity contribution in [2.75, 3.05) is 36.5 Å². The molecule has 5 rings (SSSR count). The van der Waals surface area contributed by atoms with E-state index in [-0.39, 0.29) is 11.9 Å². The highest BCUT2D eigenvalue weighted by atomic mass is 19.1. The molecule has 0 amide bonds. The van der Waals surface area contributed by atoms with Gasteiger partial charge in [0.15, 0.2) is 0 Å². The van der Waals surface area contributed by atoms with E-state index in [2.05, 4.69) is 40.1 Å². The molecule has 2 aliphatic heterocycles. The van der Waals surface area contributed by atoms with E-state index in [1.54, 1.807) is 13.2 Å². The number of rotatable bonds is 6. The average molecular weight is 433 g/mol. The molecule has 5 nitrogen and oxygen atoms in total. The van der Waals surface area contributed by atoms with Crippen LogP contribution in [0, 0.1) is 5.82 Å². The van der Waals surface area contributed by atoms with Gasteiger partial charge in [0.25, 0.3) is 0 Å². The highest BCUT2D eigenvalue weighted by Crippen LogP contribution is 2.28. The minimum atomic E-state index is -0.244. The van der Waals surface area contributed by atoms with Crippen LogP contribution in [0.3, 0.4) is 0 Å². The van der Waals surface area contributed by atoms with Crippen LogP contribution in [0.2, 0.25) is 0 Å². The number of hydrogen-bond donors (Lipinski definition) is 0. The first-order valence-electron chi connectivity index (χ1n) is 11.4. The van der Waals surface area contributed by atoms with Gasteiger partial charge in [-0.1, -0.05) is 30.3 Å². The molecule has 0 aliphatic carbocycles. The van der Waals surface area contributed by atoms with Gasteiger partial charge in [-0.05, 0) is 48.4 Å². The van der Waals surface area contributed by atoms with Crippen molar-refractivity contribution in [1.82, 2.24) is 9.97 Å². The lowest BCUT2D eigenvalue weighted by Gasteiger charge is -2.30. The summed E-state index contributed by atoms with van der Waals surface area (Å²) in [7, 11) is 1.73. The maximum Gasteiger partial charge on any atom is 0.134 e. The van der Waals surface area contributed by atoms with Crippen LogP contribution in [0.1, 0.15) is 28.8 Å². The summed E-state index contributed by atoms with van der Waals surface area (Å²) in [5.74, 6) is 1.14. The number of aryl methyl sites for hydroxylation is 2. The number of ether oxygens (including phenoxy) is 1. The second kappa shape index (κ2) is 9.25. The number of anilines is 2. The standard InChI is InChI=1S/C26H29FN4O/c1-32-24-10-12-31(18-24)26-15-22(27)14-25(29-26)30-11-9-20-13-23(28-16-21(20)17-30)8-7-19-5-3-2-4-6-19/h2-6,13-16,24H,7-12,17-18H2,1H3. The van der Waals surface area contributed by atoms with Gasteiger partial charge >= 0.3 is 0 Å². The van der Waals surface area contributed by atoms with Crippen LogP contribution in [0.4, 0.5) is 16.0 Å². The zero-order valence-corrected chi connectivity index (χ0v) is 18.5. The first-order valence-corrected chi connectivity index (χ1v) is 11.4. The predicted octanol–water partition coefficient (Wildman–Crippen LogP) is 4.19. The van der Waals surface area contributed by atoms with E-state index in [0.29, 0.717) is 18.2 Å². The van der Waals surface area contributed by atoms with Crippen molar-refractivity contribution in [2.45, 2.75) is 38.3 Å². The third-order valence-electron chi connectivity index (χ3n) is 6.55. The largest absolute Gasteiger partial charge is 0.380 e. The molecule has 0 bridgehead atoms. The molecule has 1 atom stereocenters. The normalized spacial score (nSPS) is 18.1. The smallest absolute Gasteiger partial charge is 0.134 e. The molecule has 0 spiro atoms. The highest BCUT2D eigenvalue weighted by molar-refractivity contribution is 5.51. The fraction of sp³-hybridized carbons (Fsp3) is 0.385. The lowest BCUT2D eigenvalue weighted by Crippen LogP contribution is -2.32. The molecule has 166 valence electrons. The molecule has 1 fully saturated rings. The first-order chi connectivity index (χ1) is 15.7. The molecule has 0 N–H and O–H groups in total. The monoisotopic (exact) mass is 432 g/mol. The molecule has 6 heteroatoms. The molecule has 1 aromatic carbocycles. The molecule has 1 unspecified atom stereocenters. The third kappa shape index (κ3) is 4.60. The Bertz CT molecular complexity index is 1070. The van der Waals surface area contributed by atoms with Crippen molar-refractivity contribution in [3.63, 3.8) is 0 Å². The fourth-order valence-electron chi connectivity index (χ4n) is 4.66. The van der Waals surface area contributed by atoms with Gasteiger partial charge in [-0.15, -0.1) is 0 Å². The topological polar surface area (TPSA) is 41.5 Å². The maximum atomic E-state index is 14.5. The molecular formula is C26H29FN4O. The van der Waals surface area contributed by atoms with Crippen molar-refractivity contribution in [3.8, 4) is 0 Å². The Labute approximate surface area is 188 Å². The van der Waals surface area contributed by atoms with Gasteiger partial charge in [0.05, 0.1) is 6.10 Å². The molecule has 0 saturated carbocycles. The lowest BCUT2D eigenvalue weighted by molar-refractivity contribution is 0.121. The zero-order valence-electron chi connectivity index (χ0n) is 18.5. The zero-order chi connectivity index (χ0) is 21.9. The summed E-state index contributed by atoms with van der Waals surface area (Å²) < 4.78 is 19.9. The Morgan fingerprint density at radius 1 is 1.00 bits per heavy atom. The van der Waals surface area contributed by atoms with E-state index < -0.39 is 0 Å². The number of hydrogen-bond acceptors (Lipinski definition) is 5. The van der Waals surface area contributed by atoms with E-state index in [0.717, 1.165) is 51.0 Å². The van der Waals surface area contributed by atoms with Gasteiger partial charge in [0.2, 0.25) is 0 Å². The predicted molar refractivity (Wildman–Crippen MR) is 125 cm³/mol. The van der Waals surface area contributed by atoms with Gasteiger partial charge in [0.1, 0.15) is 17.5 Å². The second-order valence-corrected chi connectivity index (χ2v) is 8.70. The Hall–Kier alpha value is -2.99. The number of benzene rings is 1. The average Bonchev–Trinajstić information content (AvgIpc) is 3.32. The van der Waals surface area contributed by atoms with Crippen LogP contribution >= 0.6 is 0 Å². The maximum absolute atomic E-state index is 14.5. The van der Waals surface area contributed by atoms with Crippen LogP contribution in [0.25, 0.3) is 0 Å². The summed E-state index contributed by atoms with van der Waals surface area (Å²) in [6.45, 7) is 3.13. The van der Waals surface area contributed by atoms with Crippen LogP contribution in [0.5, 0.6) is 0 Å². The first kappa shape index (κ1) is 20.9. The Morgan fingerprint density at radius 3 is 2.59 bits per heavy atom.